The maximum absolute atomic E-state index is 5.60. The van der Waals surface area contributed by atoms with Gasteiger partial charge in [0.25, 0.3) is 0 Å². The first-order chi connectivity index (χ1) is 11.8. The Kier molecular flexibility index (Phi) is 14.8. The number of nitrogens with one attached hydrogen (secondary N) is 2. The Balaban J connectivity index is 1.70. The Labute approximate surface area is 148 Å². The summed E-state index contributed by atoms with van der Waals surface area (Å²) < 4.78 is 16.7. The zero-order chi connectivity index (χ0) is 17.3. The highest BCUT2D eigenvalue weighted by atomic mass is 16.5. The Morgan fingerprint density at radius 2 is 1.58 bits per heavy atom. The summed E-state index contributed by atoms with van der Waals surface area (Å²) in [5, 5.41) is 6.78. The van der Waals surface area contributed by atoms with E-state index in [0.717, 1.165) is 64.9 Å². The predicted octanol–water partition coefficient (Wildman–Crippen LogP) is 0.967. The van der Waals surface area contributed by atoms with Gasteiger partial charge in [-0.25, -0.2) is 0 Å². The van der Waals surface area contributed by atoms with E-state index >= 15 is 0 Å². The van der Waals surface area contributed by atoms with Crippen LogP contribution in [0.2, 0.25) is 0 Å². The molecule has 0 aromatic rings. The minimum atomic E-state index is 0.646. The van der Waals surface area contributed by atoms with Gasteiger partial charge in [0.1, 0.15) is 0 Å². The highest BCUT2D eigenvalue weighted by molar-refractivity contribution is 4.66. The predicted molar refractivity (Wildman–Crippen MR) is 98.7 cm³/mol. The van der Waals surface area contributed by atoms with Gasteiger partial charge in [0.05, 0.1) is 39.6 Å². The van der Waals surface area contributed by atoms with Gasteiger partial charge in [-0.05, 0) is 18.9 Å². The van der Waals surface area contributed by atoms with Crippen LogP contribution in [0, 0.1) is 5.92 Å². The van der Waals surface area contributed by atoms with E-state index in [4.69, 9.17) is 14.2 Å². The summed E-state index contributed by atoms with van der Waals surface area (Å²) in [6, 6.07) is 0. The van der Waals surface area contributed by atoms with E-state index in [0.29, 0.717) is 26.4 Å². The molecule has 6 heteroatoms. The average Bonchev–Trinajstić information content (AvgIpc) is 2.60. The van der Waals surface area contributed by atoms with Gasteiger partial charge in [-0.15, -0.1) is 0 Å². The lowest BCUT2D eigenvalue weighted by Crippen LogP contribution is -2.44. The molecule has 0 spiro atoms. The second-order valence-corrected chi connectivity index (χ2v) is 6.53. The molecule has 1 atom stereocenters. The number of rotatable bonds is 16. The fourth-order valence-corrected chi connectivity index (χ4v) is 2.76. The van der Waals surface area contributed by atoms with E-state index in [1.165, 1.54) is 12.8 Å². The zero-order valence-electron chi connectivity index (χ0n) is 15.9. The highest BCUT2D eigenvalue weighted by Crippen LogP contribution is 2.02. The Bertz CT molecular complexity index is 264. The highest BCUT2D eigenvalue weighted by Gasteiger charge is 2.08. The van der Waals surface area contributed by atoms with Crippen molar-refractivity contribution in [2.24, 2.45) is 5.92 Å². The lowest BCUT2D eigenvalue weighted by molar-refractivity contribution is 0.0106. The van der Waals surface area contributed by atoms with Crippen LogP contribution in [0.3, 0.4) is 0 Å². The van der Waals surface area contributed by atoms with Gasteiger partial charge in [0.2, 0.25) is 0 Å². The van der Waals surface area contributed by atoms with E-state index in [2.05, 4.69) is 29.4 Å². The Hall–Kier alpha value is -0.240. The molecule has 0 aliphatic carbocycles. The molecular weight excluding hydrogens is 306 g/mol. The van der Waals surface area contributed by atoms with Crippen molar-refractivity contribution in [1.29, 1.82) is 0 Å². The van der Waals surface area contributed by atoms with E-state index < -0.39 is 0 Å². The van der Waals surface area contributed by atoms with Crippen LogP contribution >= 0.6 is 0 Å². The molecule has 1 fully saturated rings. The smallest absolute Gasteiger partial charge is 0.0701 e. The van der Waals surface area contributed by atoms with Crippen molar-refractivity contribution in [3.63, 3.8) is 0 Å². The largest absolute Gasteiger partial charge is 0.378 e. The summed E-state index contributed by atoms with van der Waals surface area (Å²) in [5.41, 5.74) is 0. The number of hydrogen-bond acceptors (Lipinski definition) is 6. The van der Waals surface area contributed by atoms with Gasteiger partial charge in [-0.2, -0.15) is 0 Å². The van der Waals surface area contributed by atoms with Crippen LogP contribution in [0.25, 0.3) is 0 Å². The van der Waals surface area contributed by atoms with Crippen molar-refractivity contribution in [1.82, 2.24) is 15.5 Å². The van der Waals surface area contributed by atoms with Crippen molar-refractivity contribution in [2.75, 3.05) is 85.5 Å². The van der Waals surface area contributed by atoms with E-state index in [1.807, 2.05) is 0 Å². The standard InChI is InChI=1S/C18H39N3O3/c1-3-4-18(2)17-20-7-11-22-13-15-24-16-14-23-12-10-21-8-5-19-6-9-21/h18-20H,3-17H2,1-2H3. The molecule has 1 aliphatic rings. The lowest BCUT2D eigenvalue weighted by atomic mass is 10.1. The average molecular weight is 346 g/mol. The minimum Gasteiger partial charge on any atom is -0.378 e. The molecule has 1 rings (SSSR count). The molecule has 0 aromatic carbocycles. The third-order valence-electron chi connectivity index (χ3n) is 4.20. The van der Waals surface area contributed by atoms with Crippen LogP contribution in [-0.2, 0) is 14.2 Å². The maximum atomic E-state index is 5.60. The SMILES string of the molecule is CCCC(C)CNCCOCCOCCOCCN1CCNCC1. The quantitative estimate of drug-likeness (QED) is 0.407. The summed E-state index contributed by atoms with van der Waals surface area (Å²) in [6.45, 7) is 16.2. The number of piperazine rings is 1. The molecule has 0 saturated carbocycles. The zero-order valence-corrected chi connectivity index (χ0v) is 15.9. The molecule has 1 saturated heterocycles. The van der Waals surface area contributed by atoms with Crippen LogP contribution in [0.4, 0.5) is 0 Å². The third kappa shape index (κ3) is 13.1. The molecular formula is C18H39N3O3. The fraction of sp³-hybridized carbons (Fsp3) is 1.00. The molecule has 6 nitrogen and oxygen atoms in total. The molecule has 0 radical (unpaired) electrons. The molecule has 0 aromatic heterocycles. The first kappa shape index (κ1) is 21.8. The van der Waals surface area contributed by atoms with Gasteiger partial charge in [0, 0.05) is 39.3 Å². The molecule has 24 heavy (non-hydrogen) atoms. The summed E-state index contributed by atoms with van der Waals surface area (Å²) in [6.07, 6.45) is 2.55. The Morgan fingerprint density at radius 1 is 0.958 bits per heavy atom. The molecule has 0 amide bonds. The van der Waals surface area contributed by atoms with Crippen molar-refractivity contribution < 1.29 is 14.2 Å². The number of ether oxygens (including phenoxy) is 3. The summed E-state index contributed by atoms with van der Waals surface area (Å²) in [4.78, 5) is 2.43. The first-order valence-corrected chi connectivity index (χ1v) is 9.70. The number of nitrogens with zero attached hydrogens (tertiary/aromatic N) is 1. The van der Waals surface area contributed by atoms with Crippen molar-refractivity contribution in [2.45, 2.75) is 26.7 Å². The van der Waals surface area contributed by atoms with Crippen LogP contribution in [-0.4, -0.2) is 90.4 Å². The normalized spacial score (nSPS) is 17.2. The van der Waals surface area contributed by atoms with Crippen molar-refractivity contribution in [3.05, 3.63) is 0 Å². The first-order valence-electron chi connectivity index (χ1n) is 9.70. The van der Waals surface area contributed by atoms with Crippen molar-refractivity contribution in [3.8, 4) is 0 Å². The van der Waals surface area contributed by atoms with Gasteiger partial charge in [0.15, 0.2) is 0 Å². The third-order valence-corrected chi connectivity index (χ3v) is 4.20. The molecule has 1 aliphatic heterocycles. The second kappa shape index (κ2) is 16.2. The van der Waals surface area contributed by atoms with E-state index in [1.54, 1.807) is 0 Å². The lowest BCUT2D eigenvalue weighted by Gasteiger charge is -2.26. The Morgan fingerprint density at radius 3 is 2.25 bits per heavy atom. The van der Waals surface area contributed by atoms with Crippen LogP contribution < -0.4 is 10.6 Å². The summed E-state index contributed by atoms with van der Waals surface area (Å²) >= 11 is 0. The topological polar surface area (TPSA) is 55.0 Å². The molecule has 144 valence electrons. The second-order valence-electron chi connectivity index (χ2n) is 6.53. The fourth-order valence-electron chi connectivity index (χ4n) is 2.76. The van der Waals surface area contributed by atoms with Crippen LogP contribution in [0.1, 0.15) is 26.7 Å². The minimum absolute atomic E-state index is 0.646. The van der Waals surface area contributed by atoms with Gasteiger partial charge < -0.3 is 24.8 Å². The van der Waals surface area contributed by atoms with E-state index in [9.17, 15) is 0 Å². The van der Waals surface area contributed by atoms with Gasteiger partial charge >= 0.3 is 0 Å². The monoisotopic (exact) mass is 345 g/mol. The van der Waals surface area contributed by atoms with Crippen molar-refractivity contribution >= 4 is 0 Å². The molecule has 1 unspecified atom stereocenters. The van der Waals surface area contributed by atoms with Crippen LogP contribution in [0.15, 0.2) is 0 Å². The van der Waals surface area contributed by atoms with Crippen LogP contribution in [0.5, 0.6) is 0 Å². The van der Waals surface area contributed by atoms with Gasteiger partial charge in [-0.1, -0.05) is 20.3 Å². The number of hydrogen-bond donors (Lipinski definition) is 2. The summed E-state index contributed by atoms with van der Waals surface area (Å²) in [5.74, 6) is 0.755. The molecule has 2 N–H and O–H groups in total. The maximum Gasteiger partial charge on any atom is 0.0701 e. The van der Waals surface area contributed by atoms with E-state index in [-0.39, 0.29) is 0 Å². The van der Waals surface area contributed by atoms with Gasteiger partial charge in [-0.3, -0.25) is 4.90 Å². The molecule has 0 bridgehead atoms. The molecule has 1 heterocycles. The summed E-state index contributed by atoms with van der Waals surface area (Å²) in [7, 11) is 0.